The molecule has 3 fully saturated rings. The second-order valence-electron chi connectivity index (χ2n) is 12.3. The lowest BCUT2D eigenvalue weighted by Gasteiger charge is -2.39. The summed E-state index contributed by atoms with van der Waals surface area (Å²) >= 11 is 0. The molecule has 3 saturated heterocycles. The van der Waals surface area contributed by atoms with Gasteiger partial charge in [0.2, 0.25) is 17.7 Å². The van der Waals surface area contributed by atoms with Crippen molar-refractivity contribution < 1.29 is 24.2 Å². The van der Waals surface area contributed by atoms with Crippen LogP contribution in [0.2, 0.25) is 0 Å². The van der Waals surface area contributed by atoms with Gasteiger partial charge >= 0.3 is 0 Å². The number of carbonyl (C=O) groups is 3. The lowest BCUT2D eigenvalue weighted by atomic mass is 9.62. The Morgan fingerprint density at radius 1 is 0.977 bits per heavy atom. The topological polar surface area (TPSA) is 90.4 Å². The molecule has 8 nitrogen and oxygen atoms in total. The fourth-order valence-electron chi connectivity index (χ4n) is 7.63. The van der Waals surface area contributed by atoms with Crippen LogP contribution >= 0.6 is 0 Å². The Labute approximate surface area is 254 Å². The minimum atomic E-state index is -1.15. The number of hydrogen-bond donors (Lipinski definition) is 1. The molecule has 0 radical (unpaired) electrons. The zero-order valence-electron chi connectivity index (χ0n) is 25.2. The highest BCUT2D eigenvalue weighted by molar-refractivity contribution is 5.99. The third-order valence-corrected chi connectivity index (χ3v) is 9.63. The summed E-state index contributed by atoms with van der Waals surface area (Å²) in [6, 6.07) is 18.5. The molecule has 3 aliphatic heterocycles. The van der Waals surface area contributed by atoms with E-state index >= 15 is 0 Å². The molecule has 8 heteroatoms. The molecule has 2 bridgehead atoms. The van der Waals surface area contributed by atoms with E-state index in [1.165, 1.54) is 0 Å². The molecule has 43 heavy (non-hydrogen) atoms. The van der Waals surface area contributed by atoms with Gasteiger partial charge in [0.05, 0.1) is 17.4 Å². The molecule has 228 valence electrons. The van der Waals surface area contributed by atoms with Gasteiger partial charge in [-0.25, -0.2) is 0 Å². The number of rotatable bonds is 13. The minimum Gasteiger partial charge on any atom is -0.396 e. The summed E-state index contributed by atoms with van der Waals surface area (Å²) in [6.07, 6.45) is 4.19. The van der Waals surface area contributed by atoms with E-state index in [4.69, 9.17) is 4.74 Å². The quantitative estimate of drug-likeness (QED) is 0.361. The number of fused-ring (bicyclic) bond motifs is 1. The van der Waals surface area contributed by atoms with E-state index in [-0.39, 0.29) is 36.8 Å². The van der Waals surface area contributed by atoms with Crippen molar-refractivity contribution in [2.45, 2.75) is 57.0 Å². The number of carbonyl (C=O) groups excluding carboxylic acids is 3. The predicted molar refractivity (Wildman–Crippen MR) is 164 cm³/mol. The Kier molecular flexibility index (Phi) is 8.90. The van der Waals surface area contributed by atoms with Crippen LogP contribution in [-0.4, -0.2) is 81.0 Å². The van der Waals surface area contributed by atoms with Crippen LogP contribution in [0.15, 0.2) is 86.0 Å². The summed E-state index contributed by atoms with van der Waals surface area (Å²) in [5, 5.41) is 9.71. The van der Waals surface area contributed by atoms with Gasteiger partial charge in [-0.3, -0.25) is 14.4 Å². The van der Waals surface area contributed by atoms with Gasteiger partial charge in [-0.2, -0.15) is 0 Å². The Balaban J connectivity index is 1.54. The van der Waals surface area contributed by atoms with Gasteiger partial charge in [-0.05, 0) is 36.8 Å². The lowest BCUT2D eigenvalue weighted by Crippen LogP contribution is -2.56. The maximum atomic E-state index is 14.6. The molecular formula is C35H43N3O5. The first-order valence-corrected chi connectivity index (χ1v) is 15.2. The number of ether oxygens (including phenoxy) is 1. The summed E-state index contributed by atoms with van der Waals surface area (Å²) in [7, 11) is 0. The second-order valence-corrected chi connectivity index (χ2v) is 12.3. The number of benzene rings is 2. The fourth-order valence-corrected chi connectivity index (χ4v) is 7.63. The van der Waals surface area contributed by atoms with Gasteiger partial charge in [0.25, 0.3) is 0 Å². The normalized spacial score (nSPS) is 28.9. The zero-order chi connectivity index (χ0) is 30.8. The van der Waals surface area contributed by atoms with Gasteiger partial charge in [-0.1, -0.05) is 79.7 Å². The van der Waals surface area contributed by atoms with Gasteiger partial charge < -0.3 is 24.5 Å². The Hall–Kier alpha value is -3.75. The highest BCUT2D eigenvalue weighted by Gasteiger charge is 2.80. The van der Waals surface area contributed by atoms with E-state index in [0.29, 0.717) is 39.0 Å². The van der Waals surface area contributed by atoms with Crippen molar-refractivity contribution in [2.24, 2.45) is 17.8 Å². The average Bonchev–Trinajstić information content (AvgIpc) is 3.52. The molecule has 3 heterocycles. The molecule has 5 rings (SSSR count). The molecule has 0 aliphatic carbocycles. The maximum Gasteiger partial charge on any atom is 0.248 e. The van der Waals surface area contributed by atoms with E-state index in [9.17, 15) is 19.5 Å². The van der Waals surface area contributed by atoms with Crippen LogP contribution in [0.1, 0.15) is 37.8 Å². The first-order valence-electron chi connectivity index (χ1n) is 15.2. The molecule has 3 amide bonds. The smallest absolute Gasteiger partial charge is 0.248 e. The number of aliphatic hydroxyl groups is 1. The van der Waals surface area contributed by atoms with Crippen molar-refractivity contribution in [3.05, 3.63) is 97.1 Å². The fraction of sp³-hybridized carbons (Fsp3) is 0.457. The maximum absolute atomic E-state index is 14.6. The summed E-state index contributed by atoms with van der Waals surface area (Å²) < 4.78 is 6.92. The number of aliphatic hydroxyl groups excluding tert-OH is 1. The molecule has 1 spiro atoms. The van der Waals surface area contributed by atoms with E-state index in [0.717, 1.165) is 11.1 Å². The molecule has 2 aromatic carbocycles. The zero-order valence-corrected chi connectivity index (χ0v) is 25.2. The van der Waals surface area contributed by atoms with Gasteiger partial charge in [-0.15, -0.1) is 13.2 Å². The Morgan fingerprint density at radius 2 is 1.51 bits per heavy atom. The molecule has 3 aliphatic rings. The van der Waals surface area contributed by atoms with Gasteiger partial charge in [0, 0.05) is 39.3 Å². The molecule has 0 aromatic heterocycles. The monoisotopic (exact) mass is 585 g/mol. The van der Waals surface area contributed by atoms with Crippen LogP contribution in [0.5, 0.6) is 0 Å². The summed E-state index contributed by atoms with van der Waals surface area (Å²) in [5.41, 5.74) is -0.131. The van der Waals surface area contributed by atoms with Gasteiger partial charge in [0.1, 0.15) is 11.6 Å². The average molecular weight is 586 g/mol. The molecule has 6 atom stereocenters. The highest BCUT2D eigenvalue weighted by Crippen LogP contribution is 2.65. The third kappa shape index (κ3) is 5.31. The van der Waals surface area contributed by atoms with Crippen LogP contribution in [-0.2, 0) is 32.2 Å². The van der Waals surface area contributed by atoms with Crippen LogP contribution in [0.3, 0.4) is 0 Å². The predicted octanol–water partition coefficient (Wildman–Crippen LogP) is 3.81. The number of likely N-dealkylation sites (tertiary alicyclic amines) is 1. The van der Waals surface area contributed by atoms with Crippen molar-refractivity contribution in [2.75, 3.05) is 26.2 Å². The number of hydrogen-bond acceptors (Lipinski definition) is 5. The standard InChI is InChI=1S/C35H43N3O5/c1-5-18-36(23-26-14-9-7-10-15-26)31(40)28-29-32(41)38(20-13-21-39)30(35(29)22-25(3)34(28,4)43-35)33(42)37(19-6-2)24-27-16-11-8-12-17-27/h5-12,14-17,25,28-30,39H,1-2,13,18-24H2,3-4H3/t25?,28-,29-,30?,34+,35?/m0/s1. The molecule has 0 saturated carbocycles. The summed E-state index contributed by atoms with van der Waals surface area (Å²) in [4.78, 5) is 48.5. The minimum absolute atomic E-state index is 0.0668. The first-order chi connectivity index (χ1) is 20.7. The van der Waals surface area contributed by atoms with Crippen molar-refractivity contribution in [1.29, 1.82) is 0 Å². The van der Waals surface area contributed by atoms with E-state index in [2.05, 4.69) is 13.2 Å². The Bertz CT molecular complexity index is 1350. The SMILES string of the molecule is C=CCN(Cc1ccccc1)C(=O)C1N(CCCO)C(=O)[C@@H]2[C@@H](C(=O)N(CC=C)Cc3ccccc3)[C@]3(C)OC12CC3C. The highest BCUT2D eigenvalue weighted by atomic mass is 16.5. The van der Waals surface area contributed by atoms with E-state index < -0.39 is 29.1 Å². The molecule has 2 aromatic rings. The van der Waals surface area contributed by atoms with Crippen molar-refractivity contribution in [3.63, 3.8) is 0 Å². The molecule has 3 unspecified atom stereocenters. The Morgan fingerprint density at radius 3 is 2.02 bits per heavy atom. The van der Waals surface area contributed by atoms with Crippen molar-refractivity contribution in [3.8, 4) is 0 Å². The van der Waals surface area contributed by atoms with E-state index in [1.807, 2.05) is 74.5 Å². The van der Waals surface area contributed by atoms with Crippen LogP contribution < -0.4 is 0 Å². The molecular weight excluding hydrogens is 542 g/mol. The summed E-state index contributed by atoms with van der Waals surface area (Å²) in [5.74, 6) is -2.28. The van der Waals surface area contributed by atoms with Gasteiger partial charge in [0.15, 0.2) is 0 Å². The largest absolute Gasteiger partial charge is 0.396 e. The van der Waals surface area contributed by atoms with Crippen LogP contribution in [0, 0.1) is 17.8 Å². The lowest BCUT2D eigenvalue weighted by molar-refractivity contribution is -0.155. The van der Waals surface area contributed by atoms with Crippen LogP contribution in [0.4, 0.5) is 0 Å². The molecule has 1 N–H and O–H groups in total. The second kappa shape index (κ2) is 12.5. The number of amides is 3. The van der Waals surface area contributed by atoms with Crippen molar-refractivity contribution in [1.82, 2.24) is 14.7 Å². The summed E-state index contributed by atoms with van der Waals surface area (Å²) in [6.45, 7) is 13.2. The van der Waals surface area contributed by atoms with Crippen molar-refractivity contribution >= 4 is 17.7 Å². The van der Waals surface area contributed by atoms with E-state index in [1.54, 1.807) is 26.9 Å². The third-order valence-electron chi connectivity index (χ3n) is 9.63. The van der Waals surface area contributed by atoms with Crippen LogP contribution in [0.25, 0.3) is 0 Å². The number of nitrogens with zero attached hydrogens (tertiary/aromatic N) is 3. The first kappa shape index (κ1) is 30.7.